The Morgan fingerprint density at radius 2 is 1.72 bits per heavy atom. The van der Waals surface area contributed by atoms with E-state index in [4.69, 9.17) is 0 Å². The second-order valence-electron chi connectivity index (χ2n) is 6.70. The molecule has 0 saturated heterocycles. The van der Waals surface area contributed by atoms with Crippen LogP contribution in [0.2, 0.25) is 0 Å². The zero-order valence-electron chi connectivity index (χ0n) is 14.8. The van der Waals surface area contributed by atoms with Crippen LogP contribution in [0.3, 0.4) is 0 Å². The van der Waals surface area contributed by atoms with Gasteiger partial charge in [-0.15, -0.1) is 0 Å². The maximum atomic E-state index is 14.6. The summed E-state index contributed by atoms with van der Waals surface area (Å²) < 4.78 is 43.1. The van der Waals surface area contributed by atoms with E-state index in [2.05, 4.69) is 13.0 Å². The van der Waals surface area contributed by atoms with Crippen LogP contribution in [-0.4, -0.2) is 0 Å². The van der Waals surface area contributed by atoms with Gasteiger partial charge in [0.2, 0.25) is 0 Å². The minimum Gasteiger partial charge on any atom is -0.206 e. The van der Waals surface area contributed by atoms with Crippen LogP contribution < -0.4 is 0 Å². The van der Waals surface area contributed by atoms with Gasteiger partial charge < -0.3 is 0 Å². The number of unbranched alkanes of at least 4 members (excludes halogenated alkanes) is 1. The van der Waals surface area contributed by atoms with Gasteiger partial charge in [-0.05, 0) is 60.9 Å². The van der Waals surface area contributed by atoms with Crippen molar-refractivity contribution in [3.8, 4) is 11.1 Å². The molecule has 0 bridgehead atoms. The summed E-state index contributed by atoms with van der Waals surface area (Å²) in [6, 6.07) is 6.19. The first-order valence-corrected chi connectivity index (χ1v) is 9.01. The zero-order chi connectivity index (χ0) is 18.0. The average molecular weight is 344 g/mol. The summed E-state index contributed by atoms with van der Waals surface area (Å²) in [4.78, 5) is 0. The molecule has 3 rings (SSSR count). The lowest BCUT2D eigenvalue weighted by molar-refractivity contribution is 0.501. The highest BCUT2D eigenvalue weighted by molar-refractivity contribution is 5.67. The maximum absolute atomic E-state index is 14.6. The number of allylic oxidation sites excluding steroid dienone is 2. The van der Waals surface area contributed by atoms with Crippen molar-refractivity contribution in [2.24, 2.45) is 0 Å². The van der Waals surface area contributed by atoms with Crippen molar-refractivity contribution in [1.29, 1.82) is 0 Å². The summed E-state index contributed by atoms with van der Waals surface area (Å²) in [5.74, 6) is -2.33. The normalized spacial score (nSPS) is 13.6. The van der Waals surface area contributed by atoms with Gasteiger partial charge in [0.1, 0.15) is 5.82 Å². The largest absolute Gasteiger partial charge is 0.206 e. The number of hydrogen-bond acceptors (Lipinski definition) is 0. The Labute approximate surface area is 147 Å². The van der Waals surface area contributed by atoms with Crippen molar-refractivity contribution in [2.75, 3.05) is 0 Å². The molecule has 0 aromatic heterocycles. The molecule has 0 unspecified atom stereocenters. The highest BCUT2D eigenvalue weighted by atomic mass is 19.2. The fourth-order valence-corrected chi connectivity index (χ4v) is 3.46. The van der Waals surface area contributed by atoms with E-state index in [1.54, 1.807) is 13.0 Å². The summed E-state index contributed by atoms with van der Waals surface area (Å²) in [6.07, 6.45) is 7.37. The highest BCUT2D eigenvalue weighted by Gasteiger charge is 2.20. The number of benzene rings is 2. The lowest BCUT2D eigenvalue weighted by Gasteiger charge is -2.19. The Hall–Kier alpha value is -2.03. The molecule has 0 atom stereocenters. The van der Waals surface area contributed by atoms with Crippen LogP contribution in [-0.2, 0) is 19.3 Å². The maximum Gasteiger partial charge on any atom is 0.167 e. The van der Waals surface area contributed by atoms with Crippen LogP contribution >= 0.6 is 0 Å². The Bertz CT molecular complexity index is 819. The minimum atomic E-state index is -0.965. The molecular weight excluding hydrogens is 321 g/mol. The molecule has 0 radical (unpaired) electrons. The van der Waals surface area contributed by atoms with Gasteiger partial charge in [0.15, 0.2) is 11.6 Å². The summed E-state index contributed by atoms with van der Waals surface area (Å²) in [7, 11) is 0. The monoisotopic (exact) mass is 344 g/mol. The number of aryl methyl sites for hydroxylation is 1. The van der Waals surface area contributed by atoms with Gasteiger partial charge in [0, 0.05) is 11.1 Å². The minimum absolute atomic E-state index is 0.00393. The zero-order valence-corrected chi connectivity index (χ0v) is 14.8. The summed E-state index contributed by atoms with van der Waals surface area (Å²) in [6.45, 7) is 3.92. The van der Waals surface area contributed by atoms with E-state index in [0.29, 0.717) is 12.0 Å². The summed E-state index contributed by atoms with van der Waals surface area (Å²) >= 11 is 0. The topological polar surface area (TPSA) is 0 Å². The van der Waals surface area contributed by atoms with Crippen molar-refractivity contribution in [3.05, 3.63) is 70.1 Å². The smallest absolute Gasteiger partial charge is 0.167 e. The first kappa shape index (κ1) is 17.8. The summed E-state index contributed by atoms with van der Waals surface area (Å²) in [5.41, 5.74) is 3.74. The van der Waals surface area contributed by atoms with Crippen molar-refractivity contribution in [1.82, 2.24) is 0 Å². The van der Waals surface area contributed by atoms with Gasteiger partial charge in [-0.1, -0.05) is 44.1 Å². The Balaban J connectivity index is 1.97. The predicted molar refractivity (Wildman–Crippen MR) is 96.1 cm³/mol. The van der Waals surface area contributed by atoms with Gasteiger partial charge in [-0.2, -0.15) is 0 Å². The molecule has 0 spiro atoms. The van der Waals surface area contributed by atoms with Gasteiger partial charge in [-0.25, -0.2) is 13.2 Å². The molecule has 0 N–H and O–H groups in total. The van der Waals surface area contributed by atoms with Crippen LogP contribution in [0.25, 0.3) is 11.1 Å². The molecule has 0 aliphatic heterocycles. The molecule has 2 aromatic rings. The molecule has 0 saturated carbocycles. The molecule has 0 heterocycles. The molecule has 2 aromatic carbocycles. The van der Waals surface area contributed by atoms with Crippen molar-refractivity contribution < 1.29 is 13.2 Å². The van der Waals surface area contributed by atoms with Crippen LogP contribution in [0.1, 0.15) is 49.8 Å². The third-order valence-electron chi connectivity index (χ3n) is 5.00. The van der Waals surface area contributed by atoms with Crippen LogP contribution in [0, 0.1) is 17.5 Å². The molecule has 0 fully saturated rings. The van der Waals surface area contributed by atoms with E-state index in [0.717, 1.165) is 43.2 Å². The van der Waals surface area contributed by atoms with E-state index < -0.39 is 17.5 Å². The molecule has 1 aliphatic rings. The lowest BCUT2D eigenvalue weighted by Crippen LogP contribution is -2.06. The molecule has 0 amide bonds. The molecule has 3 heteroatoms. The molecule has 0 nitrogen and oxygen atoms in total. The first-order chi connectivity index (χ1) is 12.0. The number of rotatable bonds is 5. The quantitative estimate of drug-likeness (QED) is 0.540. The average Bonchev–Trinajstić information content (AvgIpc) is 2.62. The molecule has 132 valence electrons. The Kier molecular flexibility index (Phi) is 5.31. The Morgan fingerprint density at radius 3 is 2.44 bits per heavy atom. The van der Waals surface area contributed by atoms with Gasteiger partial charge in [0.25, 0.3) is 0 Å². The first-order valence-electron chi connectivity index (χ1n) is 9.01. The summed E-state index contributed by atoms with van der Waals surface area (Å²) in [5, 5.41) is 0. The van der Waals surface area contributed by atoms with Gasteiger partial charge in [0.05, 0.1) is 0 Å². The van der Waals surface area contributed by atoms with E-state index >= 15 is 0 Å². The van der Waals surface area contributed by atoms with Crippen LogP contribution in [0.15, 0.2) is 35.9 Å². The van der Waals surface area contributed by atoms with Crippen molar-refractivity contribution in [3.63, 3.8) is 0 Å². The second-order valence-corrected chi connectivity index (χ2v) is 6.70. The van der Waals surface area contributed by atoms with E-state index in [1.165, 1.54) is 23.8 Å². The second kappa shape index (κ2) is 7.47. The molecule has 1 aliphatic carbocycles. The lowest BCUT2D eigenvalue weighted by atomic mass is 9.87. The molecular formula is C22H23F3. The fourth-order valence-electron chi connectivity index (χ4n) is 3.46. The van der Waals surface area contributed by atoms with E-state index in [-0.39, 0.29) is 11.1 Å². The van der Waals surface area contributed by atoms with Gasteiger partial charge >= 0.3 is 0 Å². The van der Waals surface area contributed by atoms with Gasteiger partial charge in [-0.3, -0.25) is 0 Å². The predicted octanol–water partition coefficient (Wildman–Crippen LogP) is 6.55. The number of fused-ring (bicyclic) bond motifs is 1. The van der Waals surface area contributed by atoms with E-state index in [1.807, 2.05) is 0 Å². The third-order valence-corrected chi connectivity index (χ3v) is 5.00. The third kappa shape index (κ3) is 3.51. The van der Waals surface area contributed by atoms with Crippen molar-refractivity contribution in [2.45, 2.75) is 52.4 Å². The van der Waals surface area contributed by atoms with E-state index in [9.17, 15) is 13.2 Å². The SMILES string of the molecule is CCCCC1=CCc2cc(-c3ccc(CC)c(F)c3F)c(F)cc2C1. The van der Waals surface area contributed by atoms with Crippen LogP contribution in [0.4, 0.5) is 13.2 Å². The number of halogens is 3. The van der Waals surface area contributed by atoms with Crippen molar-refractivity contribution >= 4 is 0 Å². The van der Waals surface area contributed by atoms with Crippen LogP contribution in [0.5, 0.6) is 0 Å². The standard InChI is InChI=1S/C22H23F3/c1-3-5-6-14-7-8-16-12-19(20(23)13-17(16)11-14)18-10-9-15(4-2)21(24)22(18)25/h7,9-10,12-13H,3-6,8,11H2,1-2H3. The highest BCUT2D eigenvalue weighted by Crippen LogP contribution is 2.33. The fraction of sp³-hybridized carbons (Fsp3) is 0.364. The Morgan fingerprint density at radius 1 is 0.920 bits per heavy atom. The number of hydrogen-bond donors (Lipinski definition) is 0. The molecule has 25 heavy (non-hydrogen) atoms.